The van der Waals surface area contributed by atoms with Gasteiger partial charge in [-0.3, -0.25) is 0 Å². The standard InChI is InChI=1S/C20H18O2.C15H16O4S/c1-20(15-5-3-2-4-6-15,16-7-11-18(21)12-8-16)17-9-13-19(22)14-10-17;1-11(2)19-13-5-9-15(10-6-13)20(17,18)14-7-3-12(16)4-8-14/h2-14,21-22H,1H3;3-11,16H,1-2H3. The third kappa shape index (κ3) is 6.93. The topological polar surface area (TPSA) is 104 Å². The van der Waals surface area contributed by atoms with Crippen LogP contribution in [0.2, 0.25) is 0 Å². The Labute approximate surface area is 247 Å². The van der Waals surface area contributed by atoms with Crippen molar-refractivity contribution in [1.82, 2.24) is 0 Å². The average Bonchev–Trinajstić information content (AvgIpc) is 2.98. The van der Waals surface area contributed by atoms with Crippen LogP contribution >= 0.6 is 0 Å². The normalized spacial score (nSPS) is 11.4. The number of rotatable bonds is 7. The molecule has 0 radical (unpaired) electrons. The fourth-order valence-corrected chi connectivity index (χ4v) is 5.85. The first-order valence-corrected chi connectivity index (χ1v) is 14.9. The van der Waals surface area contributed by atoms with Gasteiger partial charge >= 0.3 is 0 Å². The Morgan fingerprint density at radius 2 is 0.905 bits per heavy atom. The molecular weight excluding hydrogens is 548 g/mol. The van der Waals surface area contributed by atoms with Crippen LogP contribution in [0.4, 0.5) is 0 Å². The highest BCUT2D eigenvalue weighted by Crippen LogP contribution is 2.39. The zero-order valence-corrected chi connectivity index (χ0v) is 24.5. The van der Waals surface area contributed by atoms with Crippen molar-refractivity contribution < 1.29 is 28.5 Å². The molecule has 0 fully saturated rings. The van der Waals surface area contributed by atoms with E-state index in [0.29, 0.717) is 5.75 Å². The number of ether oxygens (including phenoxy) is 1. The van der Waals surface area contributed by atoms with E-state index in [4.69, 9.17) is 4.74 Å². The molecule has 0 aliphatic rings. The second-order valence-electron chi connectivity index (χ2n) is 10.2. The molecule has 42 heavy (non-hydrogen) atoms. The van der Waals surface area contributed by atoms with E-state index < -0.39 is 9.84 Å². The van der Waals surface area contributed by atoms with E-state index in [1.807, 2.05) is 56.3 Å². The van der Waals surface area contributed by atoms with Gasteiger partial charge < -0.3 is 20.1 Å². The molecule has 3 N–H and O–H groups in total. The molecule has 7 heteroatoms. The molecule has 0 aliphatic heterocycles. The Kier molecular flexibility index (Phi) is 9.23. The summed E-state index contributed by atoms with van der Waals surface area (Å²) in [4.78, 5) is 0.340. The van der Waals surface area contributed by atoms with Crippen LogP contribution in [0, 0.1) is 0 Å². The van der Waals surface area contributed by atoms with E-state index >= 15 is 0 Å². The van der Waals surface area contributed by atoms with Crippen LogP contribution in [0.15, 0.2) is 137 Å². The van der Waals surface area contributed by atoms with Crippen LogP contribution in [0.1, 0.15) is 37.5 Å². The molecule has 0 unspecified atom stereocenters. The quantitative estimate of drug-likeness (QED) is 0.172. The number of sulfone groups is 1. The summed E-state index contributed by atoms with van der Waals surface area (Å²) in [5.41, 5.74) is 2.97. The number of benzene rings is 5. The lowest BCUT2D eigenvalue weighted by molar-refractivity contribution is 0.242. The van der Waals surface area contributed by atoms with Crippen molar-refractivity contribution in [1.29, 1.82) is 0 Å². The van der Waals surface area contributed by atoms with Crippen LogP contribution in [0.25, 0.3) is 0 Å². The molecule has 5 aromatic carbocycles. The third-order valence-corrected chi connectivity index (χ3v) is 8.68. The van der Waals surface area contributed by atoms with Gasteiger partial charge in [-0.1, -0.05) is 54.6 Å². The van der Waals surface area contributed by atoms with Gasteiger partial charge in [0.1, 0.15) is 23.0 Å². The maximum absolute atomic E-state index is 12.4. The lowest BCUT2D eigenvalue weighted by Gasteiger charge is -2.32. The van der Waals surface area contributed by atoms with Crippen molar-refractivity contribution in [2.75, 3.05) is 0 Å². The fraction of sp³-hybridized carbons (Fsp3) is 0.143. The van der Waals surface area contributed by atoms with Gasteiger partial charge in [-0.05, 0) is 110 Å². The highest BCUT2D eigenvalue weighted by molar-refractivity contribution is 7.91. The van der Waals surface area contributed by atoms with Crippen LogP contribution in [-0.4, -0.2) is 29.8 Å². The number of phenols is 3. The van der Waals surface area contributed by atoms with E-state index in [9.17, 15) is 23.7 Å². The first-order valence-electron chi connectivity index (χ1n) is 13.5. The summed E-state index contributed by atoms with van der Waals surface area (Å²) in [5.74, 6) is 1.17. The molecule has 0 aliphatic carbocycles. The molecule has 6 nitrogen and oxygen atoms in total. The first kappa shape index (κ1) is 30.2. The van der Waals surface area contributed by atoms with Gasteiger partial charge in [0.05, 0.1) is 15.9 Å². The molecule has 5 rings (SSSR count). The van der Waals surface area contributed by atoms with E-state index in [1.54, 1.807) is 36.4 Å². The lowest BCUT2D eigenvalue weighted by Crippen LogP contribution is -2.25. The van der Waals surface area contributed by atoms with Crippen LogP contribution in [0.3, 0.4) is 0 Å². The van der Waals surface area contributed by atoms with Gasteiger partial charge in [0.2, 0.25) is 9.84 Å². The summed E-state index contributed by atoms with van der Waals surface area (Å²) in [6, 6.07) is 36.6. The molecular formula is C35H34O6S. The van der Waals surface area contributed by atoms with Crippen molar-refractivity contribution in [2.24, 2.45) is 0 Å². The molecule has 0 amide bonds. The second-order valence-corrected chi connectivity index (χ2v) is 12.2. The Bertz CT molecular complexity index is 1630. The van der Waals surface area contributed by atoms with Crippen molar-refractivity contribution in [3.8, 4) is 23.0 Å². The van der Waals surface area contributed by atoms with E-state index in [0.717, 1.165) is 16.7 Å². The number of phenolic OH excluding ortho intramolecular Hbond substituents is 3. The van der Waals surface area contributed by atoms with Crippen molar-refractivity contribution in [3.63, 3.8) is 0 Å². The van der Waals surface area contributed by atoms with E-state index in [-0.39, 0.29) is 38.6 Å². The molecule has 216 valence electrons. The van der Waals surface area contributed by atoms with Gasteiger partial charge in [0, 0.05) is 5.41 Å². The molecule has 5 aromatic rings. The monoisotopic (exact) mass is 582 g/mol. The van der Waals surface area contributed by atoms with Gasteiger partial charge in [-0.2, -0.15) is 0 Å². The van der Waals surface area contributed by atoms with Gasteiger partial charge in [0.15, 0.2) is 0 Å². The highest BCUT2D eigenvalue weighted by atomic mass is 32.2. The Morgan fingerprint density at radius 3 is 1.31 bits per heavy atom. The smallest absolute Gasteiger partial charge is 0.206 e. The minimum absolute atomic E-state index is 0.0321. The Morgan fingerprint density at radius 1 is 0.548 bits per heavy atom. The number of hydrogen-bond donors (Lipinski definition) is 3. The maximum atomic E-state index is 12.4. The highest BCUT2D eigenvalue weighted by Gasteiger charge is 2.31. The summed E-state index contributed by atoms with van der Waals surface area (Å²) >= 11 is 0. The van der Waals surface area contributed by atoms with Crippen LogP contribution in [0.5, 0.6) is 23.0 Å². The Balaban J connectivity index is 0.000000194. The van der Waals surface area contributed by atoms with Crippen LogP contribution in [-0.2, 0) is 15.3 Å². The molecule has 0 heterocycles. The predicted molar refractivity (Wildman–Crippen MR) is 164 cm³/mol. The minimum Gasteiger partial charge on any atom is -0.508 e. The molecule has 0 saturated carbocycles. The van der Waals surface area contributed by atoms with Crippen molar-refractivity contribution >= 4 is 9.84 Å². The second kappa shape index (κ2) is 12.8. The summed E-state index contributed by atoms with van der Waals surface area (Å²) in [5, 5.41) is 28.3. The minimum atomic E-state index is -3.57. The zero-order chi connectivity index (χ0) is 30.3. The third-order valence-electron chi connectivity index (χ3n) is 6.89. The van der Waals surface area contributed by atoms with Gasteiger partial charge in [0.25, 0.3) is 0 Å². The lowest BCUT2D eigenvalue weighted by atomic mass is 9.71. The molecule has 0 saturated heterocycles. The SMILES string of the molecule is CC(C)Oc1ccc(S(=O)(=O)c2ccc(O)cc2)cc1.CC(c1ccccc1)(c1ccc(O)cc1)c1ccc(O)cc1. The average molecular weight is 583 g/mol. The van der Waals surface area contributed by atoms with Gasteiger partial charge in [-0.15, -0.1) is 0 Å². The number of aromatic hydroxyl groups is 3. The first-order chi connectivity index (χ1) is 20.0. The molecule has 0 atom stereocenters. The summed E-state index contributed by atoms with van der Waals surface area (Å²) in [6.45, 7) is 5.96. The predicted octanol–water partition coefficient (Wildman–Crippen LogP) is 7.46. The summed E-state index contributed by atoms with van der Waals surface area (Å²) in [7, 11) is -3.57. The van der Waals surface area contributed by atoms with E-state index in [2.05, 4.69) is 19.1 Å². The zero-order valence-electron chi connectivity index (χ0n) is 23.7. The van der Waals surface area contributed by atoms with E-state index in [1.165, 1.54) is 36.4 Å². The van der Waals surface area contributed by atoms with Gasteiger partial charge in [-0.25, -0.2) is 8.42 Å². The summed E-state index contributed by atoms with van der Waals surface area (Å²) in [6.07, 6.45) is 0.0366. The molecule has 0 spiro atoms. The summed E-state index contributed by atoms with van der Waals surface area (Å²) < 4.78 is 30.2. The maximum Gasteiger partial charge on any atom is 0.206 e. The van der Waals surface area contributed by atoms with Crippen LogP contribution < -0.4 is 4.74 Å². The van der Waals surface area contributed by atoms with Crippen molar-refractivity contribution in [3.05, 3.63) is 144 Å². The Hall–Kier alpha value is -4.75. The van der Waals surface area contributed by atoms with Crippen molar-refractivity contribution in [2.45, 2.75) is 42.1 Å². The molecule has 0 bridgehead atoms. The fourth-order valence-electron chi connectivity index (χ4n) is 4.59. The number of hydrogen-bond acceptors (Lipinski definition) is 6. The largest absolute Gasteiger partial charge is 0.508 e. The molecule has 0 aromatic heterocycles.